The topological polar surface area (TPSA) is 84.2 Å². The Morgan fingerprint density at radius 1 is 1.10 bits per heavy atom. The van der Waals surface area contributed by atoms with Crippen molar-refractivity contribution >= 4 is 11.8 Å². The van der Waals surface area contributed by atoms with E-state index in [9.17, 15) is 9.59 Å². The molecule has 0 aromatic carbocycles. The highest BCUT2D eigenvalue weighted by Gasteiger charge is 2.26. The van der Waals surface area contributed by atoms with Gasteiger partial charge in [0.05, 0.1) is 13.1 Å². The first-order valence-corrected chi connectivity index (χ1v) is 10.3. The van der Waals surface area contributed by atoms with Crippen molar-refractivity contribution in [3.05, 3.63) is 58.7 Å². The van der Waals surface area contributed by atoms with Crippen molar-refractivity contribution in [1.29, 1.82) is 0 Å². The summed E-state index contributed by atoms with van der Waals surface area (Å²) >= 11 is 0. The van der Waals surface area contributed by atoms with E-state index in [2.05, 4.69) is 56.6 Å². The van der Waals surface area contributed by atoms with E-state index in [-0.39, 0.29) is 30.3 Å². The van der Waals surface area contributed by atoms with Crippen molar-refractivity contribution in [2.75, 3.05) is 19.6 Å². The van der Waals surface area contributed by atoms with E-state index in [1.165, 1.54) is 36.0 Å². The summed E-state index contributed by atoms with van der Waals surface area (Å²) < 4.78 is 0. The maximum atomic E-state index is 11.6. The van der Waals surface area contributed by atoms with Crippen LogP contribution in [0.5, 0.6) is 0 Å². The van der Waals surface area contributed by atoms with Crippen LogP contribution in [0.1, 0.15) is 53.9 Å². The summed E-state index contributed by atoms with van der Waals surface area (Å²) in [4.78, 5) is 22.6. The van der Waals surface area contributed by atoms with E-state index in [4.69, 9.17) is 5.73 Å². The maximum Gasteiger partial charge on any atom is 0.239 e. The third kappa shape index (κ3) is 9.57. The molecule has 0 aromatic rings. The molecule has 1 aliphatic rings. The minimum absolute atomic E-state index is 0.0558. The minimum atomic E-state index is -0.343. The number of allylic oxidation sites excluding steroid dienone is 9. The van der Waals surface area contributed by atoms with Crippen LogP contribution in [-0.2, 0) is 9.59 Å². The summed E-state index contributed by atoms with van der Waals surface area (Å²) in [6.45, 7) is 11.2. The molecule has 0 saturated heterocycles. The monoisotopic (exact) mass is 399 g/mol. The minimum Gasteiger partial charge on any atom is -0.351 e. The van der Waals surface area contributed by atoms with E-state index < -0.39 is 0 Å². The number of amides is 2. The van der Waals surface area contributed by atoms with Gasteiger partial charge in [0.25, 0.3) is 0 Å². The van der Waals surface area contributed by atoms with Gasteiger partial charge in [0.15, 0.2) is 0 Å². The number of rotatable bonds is 9. The molecule has 0 saturated carbocycles. The quantitative estimate of drug-likeness (QED) is 0.517. The van der Waals surface area contributed by atoms with Gasteiger partial charge in [-0.15, -0.1) is 0 Å². The fourth-order valence-corrected chi connectivity index (χ4v) is 3.34. The van der Waals surface area contributed by atoms with Crippen LogP contribution in [0.25, 0.3) is 0 Å². The zero-order chi connectivity index (χ0) is 21.9. The summed E-state index contributed by atoms with van der Waals surface area (Å²) in [5.74, 6) is -0.583. The lowest BCUT2D eigenvalue weighted by Crippen LogP contribution is -2.39. The van der Waals surface area contributed by atoms with Crippen LogP contribution in [0.3, 0.4) is 0 Å². The molecule has 0 bridgehead atoms. The van der Waals surface area contributed by atoms with E-state index >= 15 is 0 Å². The number of nitrogens with one attached hydrogen (secondary N) is 2. The van der Waals surface area contributed by atoms with Gasteiger partial charge < -0.3 is 16.4 Å². The molecule has 0 fully saturated rings. The molecule has 5 heteroatoms. The lowest BCUT2D eigenvalue weighted by atomic mass is 9.72. The molecule has 29 heavy (non-hydrogen) atoms. The number of carbonyl (C=O) groups excluding carboxylic acids is 2. The van der Waals surface area contributed by atoms with Gasteiger partial charge in [0.1, 0.15) is 0 Å². The second-order valence-electron chi connectivity index (χ2n) is 8.27. The second-order valence-corrected chi connectivity index (χ2v) is 8.27. The first-order valence-electron chi connectivity index (χ1n) is 10.3. The number of hydrogen-bond acceptors (Lipinski definition) is 3. The van der Waals surface area contributed by atoms with Crippen LogP contribution >= 0.6 is 0 Å². The summed E-state index contributed by atoms with van der Waals surface area (Å²) in [7, 11) is 0. The summed E-state index contributed by atoms with van der Waals surface area (Å²) in [6, 6.07) is 0. The van der Waals surface area contributed by atoms with E-state index in [1.54, 1.807) is 0 Å². The van der Waals surface area contributed by atoms with Crippen molar-refractivity contribution in [2.24, 2.45) is 11.1 Å². The number of carbonyl (C=O) groups is 2. The molecule has 0 spiro atoms. The zero-order valence-corrected chi connectivity index (χ0v) is 18.6. The molecule has 0 aromatic heterocycles. The Bertz CT molecular complexity index is 737. The average molecular weight is 400 g/mol. The Labute approximate surface area is 175 Å². The van der Waals surface area contributed by atoms with Gasteiger partial charge in [-0.25, -0.2) is 0 Å². The molecular formula is C24H37N3O2. The highest BCUT2D eigenvalue weighted by atomic mass is 16.2. The molecular weight excluding hydrogens is 362 g/mol. The van der Waals surface area contributed by atoms with E-state index in [0.717, 1.165) is 5.57 Å². The summed E-state index contributed by atoms with van der Waals surface area (Å²) in [5.41, 5.74) is 10.6. The fourth-order valence-electron chi connectivity index (χ4n) is 3.34. The Morgan fingerprint density at radius 2 is 1.83 bits per heavy atom. The van der Waals surface area contributed by atoms with Gasteiger partial charge in [-0.1, -0.05) is 67.0 Å². The zero-order valence-electron chi connectivity index (χ0n) is 18.6. The third-order valence-electron chi connectivity index (χ3n) is 5.13. The van der Waals surface area contributed by atoms with Crippen LogP contribution < -0.4 is 16.4 Å². The largest absolute Gasteiger partial charge is 0.351 e. The van der Waals surface area contributed by atoms with Gasteiger partial charge in [0, 0.05) is 6.54 Å². The predicted octanol–water partition coefficient (Wildman–Crippen LogP) is 3.71. The molecule has 1 rings (SSSR count). The number of hydrogen-bond donors (Lipinski definition) is 3. The molecule has 2 amide bonds. The fraction of sp³-hybridized carbons (Fsp3) is 0.500. The standard InChI is InChI=1S/C24H37N3O2/c1-18(11-12-21-20(3)10-7-14-24(21,4)5)8-6-9-19(2)13-15-26-23(29)17-27-22(28)16-25/h6,8-9,11-13H,7,10,14-17,25H2,1-5H3,(H,26,29)(H,27,28). The van der Waals surface area contributed by atoms with Gasteiger partial charge in [0.2, 0.25) is 11.8 Å². The van der Waals surface area contributed by atoms with Crippen LogP contribution in [0.2, 0.25) is 0 Å². The average Bonchev–Trinajstić information content (AvgIpc) is 2.65. The first-order chi connectivity index (χ1) is 13.7. The predicted molar refractivity (Wildman–Crippen MR) is 121 cm³/mol. The molecule has 0 aliphatic heterocycles. The van der Waals surface area contributed by atoms with Crippen LogP contribution in [0, 0.1) is 5.41 Å². The molecule has 5 nitrogen and oxygen atoms in total. The third-order valence-corrected chi connectivity index (χ3v) is 5.13. The molecule has 0 atom stereocenters. The molecule has 160 valence electrons. The van der Waals surface area contributed by atoms with Crippen molar-refractivity contribution in [1.82, 2.24) is 10.6 Å². The maximum absolute atomic E-state index is 11.6. The normalized spacial score (nSPS) is 17.9. The van der Waals surface area contributed by atoms with Crippen LogP contribution in [0.15, 0.2) is 58.7 Å². The van der Waals surface area contributed by atoms with Crippen molar-refractivity contribution < 1.29 is 9.59 Å². The Morgan fingerprint density at radius 3 is 2.48 bits per heavy atom. The van der Waals surface area contributed by atoms with Gasteiger partial charge >= 0.3 is 0 Å². The van der Waals surface area contributed by atoms with Crippen molar-refractivity contribution in [3.8, 4) is 0 Å². The van der Waals surface area contributed by atoms with E-state index in [0.29, 0.717) is 6.54 Å². The SMILES string of the molecule is CC(C=CC1=C(C)CCCC1(C)C)=CC=CC(C)=CCNC(=O)CNC(=O)CN. The Balaban J connectivity index is 2.51. The Hall–Kier alpha value is -2.40. The molecule has 0 unspecified atom stereocenters. The highest BCUT2D eigenvalue weighted by Crippen LogP contribution is 2.40. The highest BCUT2D eigenvalue weighted by molar-refractivity contribution is 5.85. The Kier molecular flexibility index (Phi) is 10.4. The molecule has 0 heterocycles. The van der Waals surface area contributed by atoms with Crippen molar-refractivity contribution in [3.63, 3.8) is 0 Å². The molecule has 0 radical (unpaired) electrons. The van der Waals surface area contributed by atoms with Gasteiger partial charge in [-0.05, 0) is 51.0 Å². The lowest BCUT2D eigenvalue weighted by molar-refractivity contribution is -0.125. The lowest BCUT2D eigenvalue weighted by Gasteiger charge is -2.32. The van der Waals surface area contributed by atoms with Crippen LogP contribution in [0.4, 0.5) is 0 Å². The number of nitrogens with two attached hydrogens (primary N) is 1. The molecule has 1 aliphatic carbocycles. The van der Waals surface area contributed by atoms with E-state index in [1.807, 2.05) is 25.2 Å². The summed E-state index contributed by atoms with van der Waals surface area (Å²) in [6.07, 6.45) is 16.2. The first kappa shape index (κ1) is 24.6. The smallest absolute Gasteiger partial charge is 0.239 e. The van der Waals surface area contributed by atoms with Gasteiger partial charge in [-0.2, -0.15) is 0 Å². The van der Waals surface area contributed by atoms with Crippen LogP contribution in [-0.4, -0.2) is 31.4 Å². The second kappa shape index (κ2) is 12.2. The van der Waals surface area contributed by atoms with Crippen molar-refractivity contribution in [2.45, 2.75) is 53.9 Å². The van der Waals surface area contributed by atoms with Gasteiger partial charge in [-0.3, -0.25) is 9.59 Å². The summed E-state index contributed by atoms with van der Waals surface area (Å²) in [5, 5.41) is 5.16. The molecule has 4 N–H and O–H groups in total.